The normalized spacial score (nSPS) is 13.3. The minimum absolute atomic E-state index is 0.200. The molecule has 0 aromatic heterocycles. The maximum atomic E-state index is 5.68. The van der Waals surface area contributed by atoms with E-state index in [2.05, 4.69) is 57.2 Å². The zero-order chi connectivity index (χ0) is 11.1. The van der Waals surface area contributed by atoms with Gasteiger partial charge in [-0.25, -0.2) is 0 Å². The molecule has 1 unspecified atom stereocenters. The van der Waals surface area contributed by atoms with Gasteiger partial charge < -0.3 is 4.74 Å². The molecule has 0 amide bonds. The monoisotopic (exact) mass is 204 g/mol. The molecule has 0 aliphatic rings. The Labute approximate surface area is 92.8 Å². The van der Waals surface area contributed by atoms with Crippen LogP contribution in [0.25, 0.3) is 0 Å². The fraction of sp³-hybridized carbons (Fsp3) is 0.429. The Morgan fingerprint density at radius 2 is 1.93 bits per heavy atom. The van der Waals surface area contributed by atoms with Crippen LogP contribution in [0.5, 0.6) is 0 Å². The minimum atomic E-state index is 0.200. The highest BCUT2D eigenvalue weighted by atomic mass is 16.5. The van der Waals surface area contributed by atoms with Gasteiger partial charge in [0.25, 0.3) is 0 Å². The summed E-state index contributed by atoms with van der Waals surface area (Å²) in [5, 5.41) is 0. The van der Waals surface area contributed by atoms with Crippen LogP contribution in [0.4, 0.5) is 0 Å². The van der Waals surface area contributed by atoms with Gasteiger partial charge >= 0.3 is 0 Å². The maximum Gasteiger partial charge on any atom is 0.0732 e. The Balaban J connectivity index is 2.36. The Morgan fingerprint density at radius 1 is 1.27 bits per heavy atom. The fourth-order valence-electron chi connectivity index (χ4n) is 1.30. The van der Waals surface area contributed by atoms with Gasteiger partial charge in [0.05, 0.1) is 12.7 Å². The number of hydrogen-bond donors (Lipinski definition) is 0. The van der Waals surface area contributed by atoms with Crippen molar-refractivity contribution in [2.75, 3.05) is 0 Å². The molecular formula is C14H20O. The molecule has 1 nitrogen and oxygen atoms in total. The molecule has 82 valence electrons. The van der Waals surface area contributed by atoms with E-state index < -0.39 is 0 Å². The predicted molar refractivity (Wildman–Crippen MR) is 64.9 cm³/mol. The van der Waals surface area contributed by atoms with Crippen LogP contribution < -0.4 is 0 Å². The van der Waals surface area contributed by atoms with Gasteiger partial charge in [-0.1, -0.05) is 48.9 Å². The van der Waals surface area contributed by atoms with Crippen molar-refractivity contribution in [1.29, 1.82) is 0 Å². The van der Waals surface area contributed by atoms with Crippen molar-refractivity contribution in [2.24, 2.45) is 0 Å². The molecule has 0 aliphatic carbocycles. The average molecular weight is 204 g/mol. The summed E-state index contributed by atoms with van der Waals surface area (Å²) in [5.74, 6) is 0. The first-order valence-electron chi connectivity index (χ1n) is 5.56. The largest absolute Gasteiger partial charge is 0.370 e. The lowest BCUT2D eigenvalue weighted by atomic mass is 10.2. The second-order valence-corrected chi connectivity index (χ2v) is 3.84. The first-order chi connectivity index (χ1) is 7.22. The molecule has 0 saturated heterocycles. The highest BCUT2D eigenvalue weighted by Gasteiger charge is 1.97. The van der Waals surface area contributed by atoms with Crippen LogP contribution in [0.3, 0.4) is 0 Å². The van der Waals surface area contributed by atoms with Crippen molar-refractivity contribution in [1.82, 2.24) is 0 Å². The van der Waals surface area contributed by atoms with E-state index in [0.717, 1.165) is 6.42 Å². The number of allylic oxidation sites excluding steroid dienone is 1. The summed E-state index contributed by atoms with van der Waals surface area (Å²) in [4.78, 5) is 0. The van der Waals surface area contributed by atoms with E-state index in [1.165, 1.54) is 11.1 Å². The predicted octanol–water partition coefficient (Wildman–Crippen LogP) is 3.87. The number of rotatable bonds is 5. The fourth-order valence-corrected chi connectivity index (χ4v) is 1.30. The summed E-state index contributed by atoms with van der Waals surface area (Å²) in [5.41, 5.74) is 2.52. The molecular weight excluding hydrogens is 184 g/mol. The Kier molecular flexibility index (Phi) is 5.13. The highest BCUT2D eigenvalue weighted by molar-refractivity contribution is 5.20. The van der Waals surface area contributed by atoms with Gasteiger partial charge in [-0.2, -0.15) is 0 Å². The van der Waals surface area contributed by atoms with Crippen LogP contribution in [0.1, 0.15) is 31.4 Å². The SMILES string of the molecule is CC/C=C/C(C)OCc1ccc(C)cc1. The van der Waals surface area contributed by atoms with E-state index in [0.29, 0.717) is 6.61 Å². The quantitative estimate of drug-likeness (QED) is 0.662. The third-order valence-electron chi connectivity index (χ3n) is 2.28. The van der Waals surface area contributed by atoms with Gasteiger partial charge in [0.1, 0.15) is 0 Å². The molecule has 0 fully saturated rings. The molecule has 0 radical (unpaired) electrons. The smallest absolute Gasteiger partial charge is 0.0732 e. The molecule has 1 aromatic carbocycles. The molecule has 0 aliphatic heterocycles. The first-order valence-corrected chi connectivity index (χ1v) is 5.56. The van der Waals surface area contributed by atoms with Crippen molar-refractivity contribution in [2.45, 2.75) is 39.9 Å². The van der Waals surface area contributed by atoms with E-state index in [1.54, 1.807) is 0 Å². The Bertz CT molecular complexity index is 298. The summed E-state index contributed by atoms with van der Waals surface area (Å²) in [6.45, 7) is 6.98. The van der Waals surface area contributed by atoms with Gasteiger partial charge in [0.15, 0.2) is 0 Å². The molecule has 0 spiro atoms. The summed E-state index contributed by atoms with van der Waals surface area (Å²) >= 11 is 0. The van der Waals surface area contributed by atoms with Crippen LogP contribution >= 0.6 is 0 Å². The van der Waals surface area contributed by atoms with Crippen molar-refractivity contribution < 1.29 is 4.74 Å². The third-order valence-corrected chi connectivity index (χ3v) is 2.28. The molecule has 1 heteroatoms. The van der Waals surface area contributed by atoms with Gasteiger partial charge in [-0.3, -0.25) is 0 Å². The van der Waals surface area contributed by atoms with Crippen LogP contribution in [0.2, 0.25) is 0 Å². The molecule has 0 bridgehead atoms. The van der Waals surface area contributed by atoms with Gasteiger partial charge in [0, 0.05) is 0 Å². The van der Waals surface area contributed by atoms with Gasteiger partial charge in [-0.15, -0.1) is 0 Å². The van der Waals surface area contributed by atoms with E-state index in [9.17, 15) is 0 Å². The third kappa shape index (κ3) is 4.80. The average Bonchev–Trinajstić information content (AvgIpc) is 2.25. The molecule has 0 heterocycles. The molecule has 1 atom stereocenters. The highest BCUT2D eigenvalue weighted by Crippen LogP contribution is 2.06. The number of aryl methyl sites for hydroxylation is 1. The summed E-state index contributed by atoms with van der Waals surface area (Å²) < 4.78 is 5.68. The lowest BCUT2D eigenvalue weighted by Crippen LogP contribution is -2.04. The van der Waals surface area contributed by atoms with Crippen LogP contribution in [0.15, 0.2) is 36.4 Å². The van der Waals surface area contributed by atoms with E-state index in [-0.39, 0.29) is 6.10 Å². The van der Waals surface area contributed by atoms with Crippen molar-refractivity contribution in [3.63, 3.8) is 0 Å². The molecule has 15 heavy (non-hydrogen) atoms. The van der Waals surface area contributed by atoms with Crippen molar-refractivity contribution in [3.05, 3.63) is 47.5 Å². The lowest BCUT2D eigenvalue weighted by Gasteiger charge is -2.08. The number of hydrogen-bond acceptors (Lipinski definition) is 1. The first kappa shape index (κ1) is 12.0. The Morgan fingerprint density at radius 3 is 2.53 bits per heavy atom. The zero-order valence-corrected chi connectivity index (χ0v) is 9.86. The number of benzene rings is 1. The summed E-state index contributed by atoms with van der Waals surface area (Å²) in [7, 11) is 0. The summed E-state index contributed by atoms with van der Waals surface area (Å²) in [6.07, 6.45) is 5.51. The topological polar surface area (TPSA) is 9.23 Å². The molecule has 0 N–H and O–H groups in total. The van der Waals surface area contributed by atoms with Crippen LogP contribution in [-0.4, -0.2) is 6.10 Å². The molecule has 1 aromatic rings. The van der Waals surface area contributed by atoms with E-state index >= 15 is 0 Å². The van der Waals surface area contributed by atoms with Crippen molar-refractivity contribution in [3.8, 4) is 0 Å². The van der Waals surface area contributed by atoms with E-state index in [1.807, 2.05) is 0 Å². The summed E-state index contributed by atoms with van der Waals surface area (Å²) in [6, 6.07) is 8.47. The van der Waals surface area contributed by atoms with Crippen LogP contribution in [0, 0.1) is 6.92 Å². The Hall–Kier alpha value is -1.08. The minimum Gasteiger partial charge on any atom is -0.370 e. The maximum absolute atomic E-state index is 5.68. The molecule has 0 saturated carbocycles. The number of ether oxygens (including phenoxy) is 1. The molecule has 1 rings (SSSR count). The van der Waals surface area contributed by atoms with E-state index in [4.69, 9.17) is 4.74 Å². The standard InChI is InChI=1S/C14H20O/c1-4-5-6-13(3)15-11-14-9-7-12(2)8-10-14/h5-10,13H,4,11H2,1-3H3/b6-5+. The second kappa shape index (κ2) is 6.41. The zero-order valence-electron chi connectivity index (χ0n) is 9.86. The van der Waals surface area contributed by atoms with Crippen LogP contribution in [-0.2, 0) is 11.3 Å². The van der Waals surface area contributed by atoms with Crippen molar-refractivity contribution >= 4 is 0 Å². The lowest BCUT2D eigenvalue weighted by molar-refractivity contribution is 0.0839. The van der Waals surface area contributed by atoms with Gasteiger partial charge in [0.2, 0.25) is 0 Å². The second-order valence-electron chi connectivity index (χ2n) is 3.84. The van der Waals surface area contributed by atoms with Gasteiger partial charge in [-0.05, 0) is 25.8 Å².